The Morgan fingerprint density at radius 3 is 2.62 bits per heavy atom. The summed E-state index contributed by atoms with van der Waals surface area (Å²) in [5.74, 6) is -0.640. The van der Waals surface area contributed by atoms with Crippen LogP contribution in [0.5, 0.6) is 5.75 Å². The van der Waals surface area contributed by atoms with E-state index >= 15 is 0 Å². The molecule has 1 unspecified atom stereocenters. The van der Waals surface area contributed by atoms with Crippen LogP contribution in [0.15, 0.2) is 46.9 Å². The smallest absolute Gasteiger partial charge is 0.188 e. The average Bonchev–Trinajstić information content (AvgIpc) is 2.49. The molecule has 2 aromatic rings. The van der Waals surface area contributed by atoms with Gasteiger partial charge in [-0.2, -0.15) is 5.26 Å². The van der Waals surface area contributed by atoms with Crippen LogP contribution in [0.1, 0.15) is 27.4 Å². The molecule has 2 aromatic carbocycles. The predicted octanol–water partition coefficient (Wildman–Crippen LogP) is 4.26. The van der Waals surface area contributed by atoms with E-state index in [0.29, 0.717) is 16.9 Å². The average molecular weight is 344 g/mol. The molecule has 0 N–H and O–H groups in total. The number of methoxy groups -OCH3 is 1. The van der Waals surface area contributed by atoms with Crippen LogP contribution < -0.4 is 4.74 Å². The number of aryl methyl sites for hydroxylation is 1. The number of nitrogens with zero attached hydrogens (tertiary/aromatic N) is 1. The second kappa shape index (κ2) is 6.55. The minimum atomic E-state index is -0.865. The first-order chi connectivity index (χ1) is 10.1. The van der Waals surface area contributed by atoms with Crippen molar-refractivity contribution >= 4 is 21.7 Å². The molecule has 0 aromatic heterocycles. The molecule has 0 aliphatic heterocycles. The predicted molar refractivity (Wildman–Crippen MR) is 84.6 cm³/mol. The fourth-order valence-electron chi connectivity index (χ4n) is 2.15. The van der Waals surface area contributed by atoms with Crippen molar-refractivity contribution < 1.29 is 9.53 Å². The number of carbonyl (C=O) groups is 1. The number of rotatable bonds is 4. The Morgan fingerprint density at radius 1 is 1.29 bits per heavy atom. The fraction of sp³-hybridized carbons (Fsp3) is 0.176. The molecule has 0 aliphatic rings. The third-order valence-corrected chi connectivity index (χ3v) is 3.95. The minimum absolute atomic E-state index is 0.259. The zero-order chi connectivity index (χ0) is 15.4. The van der Waals surface area contributed by atoms with Gasteiger partial charge >= 0.3 is 0 Å². The highest BCUT2D eigenvalue weighted by atomic mass is 79.9. The summed E-state index contributed by atoms with van der Waals surface area (Å²) in [5.41, 5.74) is 2.04. The molecule has 0 aliphatic carbocycles. The highest BCUT2D eigenvalue weighted by Crippen LogP contribution is 2.30. The van der Waals surface area contributed by atoms with Crippen LogP contribution in [0.3, 0.4) is 0 Å². The van der Waals surface area contributed by atoms with E-state index in [1.54, 1.807) is 18.2 Å². The lowest BCUT2D eigenvalue weighted by atomic mass is 9.91. The van der Waals surface area contributed by atoms with Crippen LogP contribution in [0.25, 0.3) is 0 Å². The molecule has 0 fully saturated rings. The largest absolute Gasteiger partial charge is 0.496 e. The SMILES string of the molecule is COc1ccc(C)cc1C(=O)C(C#N)c1ccccc1Br. The Morgan fingerprint density at radius 2 is 2.00 bits per heavy atom. The summed E-state index contributed by atoms with van der Waals surface area (Å²) in [6.07, 6.45) is 0. The van der Waals surface area contributed by atoms with Gasteiger partial charge in [0.2, 0.25) is 0 Å². The maximum atomic E-state index is 12.7. The van der Waals surface area contributed by atoms with Crippen LogP contribution in [0.4, 0.5) is 0 Å². The summed E-state index contributed by atoms with van der Waals surface area (Å²) >= 11 is 3.39. The van der Waals surface area contributed by atoms with Crippen molar-refractivity contribution in [1.82, 2.24) is 0 Å². The zero-order valence-electron chi connectivity index (χ0n) is 11.8. The Bertz CT molecular complexity index is 719. The molecular weight excluding hydrogens is 330 g/mol. The summed E-state index contributed by atoms with van der Waals surface area (Å²) in [6.45, 7) is 1.90. The normalized spacial score (nSPS) is 11.5. The second-order valence-corrected chi connectivity index (χ2v) is 5.51. The zero-order valence-corrected chi connectivity index (χ0v) is 13.3. The molecule has 2 rings (SSSR count). The number of hydrogen-bond acceptors (Lipinski definition) is 3. The lowest BCUT2D eigenvalue weighted by molar-refractivity contribution is 0.0975. The molecule has 0 saturated carbocycles. The molecule has 0 heterocycles. The van der Waals surface area contributed by atoms with E-state index < -0.39 is 5.92 Å². The fourth-order valence-corrected chi connectivity index (χ4v) is 2.66. The topological polar surface area (TPSA) is 50.1 Å². The van der Waals surface area contributed by atoms with Gasteiger partial charge in [-0.05, 0) is 30.7 Å². The molecule has 0 saturated heterocycles. The van der Waals surface area contributed by atoms with Crippen molar-refractivity contribution in [2.75, 3.05) is 7.11 Å². The van der Waals surface area contributed by atoms with Gasteiger partial charge in [0.15, 0.2) is 5.78 Å². The monoisotopic (exact) mass is 343 g/mol. The van der Waals surface area contributed by atoms with Gasteiger partial charge in [-0.1, -0.05) is 45.8 Å². The molecule has 4 heteroatoms. The Balaban J connectivity index is 2.50. The highest BCUT2D eigenvalue weighted by Gasteiger charge is 2.26. The van der Waals surface area contributed by atoms with Crippen molar-refractivity contribution in [3.05, 3.63) is 63.6 Å². The molecule has 21 heavy (non-hydrogen) atoms. The molecule has 0 bridgehead atoms. The van der Waals surface area contributed by atoms with Gasteiger partial charge in [-0.3, -0.25) is 4.79 Å². The molecule has 1 atom stereocenters. The summed E-state index contributed by atoms with van der Waals surface area (Å²) in [4.78, 5) is 12.7. The van der Waals surface area contributed by atoms with E-state index in [1.807, 2.05) is 31.2 Å². The number of halogens is 1. The lowest BCUT2D eigenvalue weighted by Gasteiger charge is -2.13. The second-order valence-electron chi connectivity index (χ2n) is 4.65. The summed E-state index contributed by atoms with van der Waals surface area (Å²) in [7, 11) is 1.52. The number of carbonyl (C=O) groups excluding carboxylic acids is 1. The van der Waals surface area contributed by atoms with Crippen LogP contribution in [0, 0.1) is 18.3 Å². The van der Waals surface area contributed by atoms with Crippen LogP contribution in [0.2, 0.25) is 0 Å². The standard InChI is InChI=1S/C17H14BrNO2/c1-11-7-8-16(21-2)13(9-11)17(20)14(10-19)12-5-3-4-6-15(12)18/h3-9,14H,1-2H3. The first-order valence-corrected chi connectivity index (χ1v) is 7.20. The van der Waals surface area contributed by atoms with E-state index in [0.717, 1.165) is 10.0 Å². The third kappa shape index (κ3) is 3.14. The number of hydrogen-bond donors (Lipinski definition) is 0. The Hall–Kier alpha value is -2.12. The van der Waals surface area contributed by atoms with Crippen LogP contribution in [-0.2, 0) is 0 Å². The third-order valence-electron chi connectivity index (χ3n) is 3.23. The van der Waals surface area contributed by atoms with E-state index in [4.69, 9.17) is 4.74 Å². The number of ether oxygens (including phenoxy) is 1. The number of nitriles is 1. The van der Waals surface area contributed by atoms with Gasteiger partial charge in [-0.15, -0.1) is 0 Å². The van der Waals surface area contributed by atoms with Gasteiger partial charge in [0.1, 0.15) is 11.7 Å². The van der Waals surface area contributed by atoms with Gasteiger partial charge in [0, 0.05) is 4.47 Å². The molecule has 0 amide bonds. The van der Waals surface area contributed by atoms with E-state index in [-0.39, 0.29) is 5.78 Å². The Labute approximate surface area is 132 Å². The maximum Gasteiger partial charge on any atom is 0.188 e. The van der Waals surface area contributed by atoms with Gasteiger partial charge in [-0.25, -0.2) is 0 Å². The van der Waals surface area contributed by atoms with Gasteiger partial charge in [0.25, 0.3) is 0 Å². The van der Waals surface area contributed by atoms with E-state index in [9.17, 15) is 10.1 Å². The first-order valence-electron chi connectivity index (χ1n) is 6.41. The molecule has 106 valence electrons. The number of benzene rings is 2. The van der Waals surface area contributed by atoms with Gasteiger partial charge in [0.05, 0.1) is 18.7 Å². The summed E-state index contributed by atoms with van der Waals surface area (Å²) < 4.78 is 5.99. The van der Waals surface area contributed by atoms with E-state index in [1.165, 1.54) is 7.11 Å². The van der Waals surface area contributed by atoms with E-state index in [2.05, 4.69) is 22.0 Å². The van der Waals surface area contributed by atoms with Crippen LogP contribution in [-0.4, -0.2) is 12.9 Å². The van der Waals surface area contributed by atoms with Crippen molar-refractivity contribution in [1.29, 1.82) is 5.26 Å². The highest BCUT2D eigenvalue weighted by molar-refractivity contribution is 9.10. The van der Waals surface area contributed by atoms with Crippen molar-refractivity contribution in [2.45, 2.75) is 12.8 Å². The molecular formula is C17H14BrNO2. The molecule has 0 radical (unpaired) electrons. The molecule has 3 nitrogen and oxygen atoms in total. The minimum Gasteiger partial charge on any atom is -0.496 e. The number of Topliss-reactive ketones (excluding diaryl/α,β-unsaturated/α-hetero) is 1. The molecule has 0 spiro atoms. The van der Waals surface area contributed by atoms with Gasteiger partial charge < -0.3 is 4.74 Å². The van der Waals surface area contributed by atoms with Crippen molar-refractivity contribution in [3.63, 3.8) is 0 Å². The summed E-state index contributed by atoms with van der Waals surface area (Å²) in [6, 6.07) is 14.7. The Kier molecular flexibility index (Phi) is 4.77. The number of ketones is 1. The van der Waals surface area contributed by atoms with Crippen LogP contribution >= 0.6 is 15.9 Å². The lowest BCUT2D eigenvalue weighted by Crippen LogP contribution is -2.13. The summed E-state index contributed by atoms with van der Waals surface area (Å²) in [5, 5.41) is 9.44. The van der Waals surface area contributed by atoms with Crippen molar-refractivity contribution in [3.8, 4) is 11.8 Å². The maximum absolute atomic E-state index is 12.7. The first kappa shape index (κ1) is 15.3. The van der Waals surface area contributed by atoms with Crippen molar-refractivity contribution in [2.24, 2.45) is 0 Å². The quantitative estimate of drug-likeness (QED) is 0.779.